The van der Waals surface area contributed by atoms with Gasteiger partial charge in [0.2, 0.25) is 0 Å². The van der Waals surface area contributed by atoms with Crippen LogP contribution in [-0.2, 0) is 16.8 Å². The fraction of sp³-hybridized carbons (Fsp3) is 0.500. The lowest BCUT2D eigenvalue weighted by molar-refractivity contribution is -0.0926. The van der Waals surface area contributed by atoms with Gasteiger partial charge in [-0.1, -0.05) is 6.92 Å². The van der Waals surface area contributed by atoms with Gasteiger partial charge in [-0.2, -0.15) is 0 Å². The fourth-order valence-electron chi connectivity index (χ4n) is 3.91. The lowest BCUT2D eigenvalue weighted by Crippen LogP contribution is -2.48. The van der Waals surface area contributed by atoms with Crippen molar-refractivity contribution in [3.05, 3.63) is 45.5 Å². The van der Waals surface area contributed by atoms with E-state index in [-0.39, 0.29) is 17.4 Å². The van der Waals surface area contributed by atoms with Crippen molar-refractivity contribution in [1.82, 2.24) is 10.2 Å². The summed E-state index contributed by atoms with van der Waals surface area (Å²) in [7, 11) is 0. The Hall–Kier alpha value is -2.12. The van der Waals surface area contributed by atoms with E-state index in [1.54, 1.807) is 17.4 Å². The van der Waals surface area contributed by atoms with Crippen molar-refractivity contribution in [2.45, 2.75) is 38.2 Å². The van der Waals surface area contributed by atoms with E-state index < -0.39 is 0 Å². The summed E-state index contributed by atoms with van der Waals surface area (Å²) in [6.07, 6.45) is 6.27. The Morgan fingerprint density at radius 1 is 1.33 bits per heavy atom. The highest BCUT2D eigenvalue weighted by atomic mass is 32.1. The van der Waals surface area contributed by atoms with Crippen LogP contribution in [0.5, 0.6) is 0 Å². The molecule has 0 saturated carbocycles. The Morgan fingerprint density at radius 3 is 2.85 bits per heavy atom. The Balaban J connectivity index is 1.50. The highest BCUT2D eigenvalue weighted by Gasteiger charge is 2.43. The fourth-order valence-corrected chi connectivity index (χ4v) is 5.06. The predicted molar refractivity (Wildman–Crippen MR) is 102 cm³/mol. The summed E-state index contributed by atoms with van der Waals surface area (Å²) < 4.78 is 11.3. The number of furan rings is 1. The molecule has 144 valence electrons. The molecule has 6 nitrogen and oxygen atoms in total. The number of nitrogens with zero attached hydrogens (tertiary/aromatic N) is 1. The molecule has 2 amide bonds. The molecule has 2 aliphatic rings. The van der Waals surface area contributed by atoms with Crippen molar-refractivity contribution in [3.63, 3.8) is 0 Å². The number of rotatable bonds is 4. The van der Waals surface area contributed by atoms with E-state index in [9.17, 15) is 9.59 Å². The molecule has 0 aromatic carbocycles. The summed E-state index contributed by atoms with van der Waals surface area (Å²) in [5.41, 5.74) is 1.36. The average molecular weight is 388 g/mol. The highest BCUT2D eigenvalue weighted by Crippen LogP contribution is 2.44. The Labute approximate surface area is 162 Å². The zero-order valence-corrected chi connectivity index (χ0v) is 16.3. The van der Waals surface area contributed by atoms with Gasteiger partial charge in [0.25, 0.3) is 11.8 Å². The van der Waals surface area contributed by atoms with Crippen LogP contribution >= 0.6 is 11.3 Å². The minimum absolute atomic E-state index is 0.000385. The molecule has 4 heterocycles. The first kappa shape index (κ1) is 18.3. The standard InChI is InChI=1S/C20H24N2O4S/c1-2-7-21-18(23)17-12-15-16(27-17)4-11-26-20(15)5-8-22(9-6-20)19(24)14-3-10-25-13-14/h3,10,12-13H,2,4-9,11H2,1H3,(H,21,23). The minimum atomic E-state index is -0.374. The van der Waals surface area contributed by atoms with Gasteiger partial charge in [0, 0.05) is 30.9 Å². The average Bonchev–Trinajstić information content (AvgIpc) is 3.37. The maximum atomic E-state index is 12.5. The van der Waals surface area contributed by atoms with Crippen molar-refractivity contribution in [3.8, 4) is 0 Å². The number of thiophene rings is 1. The second kappa shape index (κ2) is 7.48. The van der Waals surface area contributed by atoms with E-state index in [1.807, 2.05) is 17.9 Å². The first-order valence-corrected chi connectivity index (χ1v) is 10.3. The van der Waals surface area contributed by atoms with Crippen LogP contribution in [0, 0.1) is 0 Å². The van der Waals surface area contributed by atoms with Crippen molar-refractivity contribution in [2.75, 3.05) is 26.2 Å². The molecule has 0 radical (unpaired) electrons. The monoisotopic (exact) mass is 388 g/mol. The number of carbonyl (C=O) groups excluding carboxylic acids is 2. The normalized spacial score (nSPS) is 18.3. The topological polar surface area (TPSA) is 71.8 Å². The van der Waals surface area contributed by atoms with Crippen LogP contribution in [0.2, 0.25) is 0 Å². The molecular weight excluding hydrogens is 364 g/mol. The Kier molecular flexibility index (Phi) is 5.06. The summed E-state index contributed by atoms with van der Waals surface area (Å²) in [6, 6.07) is 3.71. The smallest absolute Gasteiger partial charge is 0.261 e. The van der Waals surface area contributed by atoms with Gasteiger partial charge in [-0.25, -0.2) is 0 Å². The van der Waals surface area contributed by atoms with Crippen molar-refractivity contribution >= 4 is 23.2 Å². The van der Waals surface area contributed by atoms with Gasteiger partial charge in [0.05, 0.1) is 28.9 Å². The second-order valence-corrected chi connectivity index (χ2v) is 8.24. The maximum absolute atomic E-state index is 12.5. The number of likely N-dealkylation sites (tertiary alicyclic amines) is 1. The largest absolute Gasteiger partial charge is 0.472 e. The molecule has 0 bridgehead atoms. The first-order chi connectivity index (χ1) is 13.1. The first-order valence-electron chi connectivity index (χ1n) is 9.50. The van der Waals surface area contributed by atoms with Crippen LogP contribution in [0.1, 0.15) is 56.7 Å². The lowest BCUT2D eigenvalue weighted by Gasteiger charge is -2.44. The number of ether oxygens (including phenoxy) is 1. The molecule has 27 heavy (non-hydrogen) atoms. The molecule has 1 spiro atoms. The summed E-state index contributed by atoms with van der Waals surface area (Å²) in [4.78, 5) is 28.8. The summed E-state index contributed by atoms with van der Waals surface area (Å²) >= 11 is 1.58. The van der Waals surface area contributed by atoms with Gasteiger partial charge in [-0.15, -0.1) is 11.3 Å². The van der Waals surface area contributed by atoms with E-state index in [0.717, 1.165) is 36.1 Å². The van der Waals surface area contributed by atoms with E-state index >= 15 is 0 Å². The number of carbonyl (C=O) groups is 2. The van der Waals surface area contributed by atoms with E-state index in [2.05, 4.69) is 5.32 Å². The minimum Gasteiger partial charge on any atom is -0.472 e. The highest BCUT2D eigenvalue weighted by molar-refractivity contribution is 7.14. The summed E-state index contributed by atoms with van der Waals surface area (Å²) in [5, 5.41) is 2.96. The molecule has 2 aliphatic heterocycles. The zero-order chi connectivity index (χ0) is 18.9. The van der Waals surface area contributed by atoms with Gasteiger partial charge < -0.3 is 19.4 Å². The Morgan fingerprint density at radius 2 is 2.15 bits per heavy atom. The lowest BCUT2D eigenvalue weighted by atomic mass is 9.82. The number of nitrogens with one attached hydrogen (secondary N) is 1. The van der Waals surface area contributed by atoms with Crippen LogP contribution in [0.4, 0.5) is 0 Å². The van der Waals surface area contributed by atoms with Crippen LogP contribution in [0.3, 0.4) is 0 Å². The van der Waals surface area contributed by atoms with E-state index in [4.69, 9.17) is 9.15 Å². The molecule has 7 heteroatoms. The maximum Gasteiger partial charge on any atom is 0.261 e. The van der Waals surface area contributed by atoms with E-state index in [0.29, 0.717) is 31.8 Å². The van der Waals surface area contributed by atoms with Crippen molar-refractivity contribution < 1.29 is 18.7 Å². The molecule has 0 aliphatic carbocycles. The van der Waals surface area contributed by atoms with Gasteiger partial charge in [0.15, 0.2) is 0 Å². The van der Waals surface area contributed by atoms with Gasteiger partial charge >= 0.3 is 0 Å². The van der Waals surface area contributed by atoms with Gasteiger partial charge in [-0.3, -0.25) is 9.59 Å². The molecule has 2 aromatic rings. The predicted octanol–water partition coefficient (Wildman–Crippen LogP) is 3.19. The number of amides is 2. The molecule has 0 unspecified atom stereocenters. The SMILES string of the molecule is CCCNC(=O)c1cc2c(s1)CCOC21CCN(C(=O)c2ccoc2)CC1. The third kappa shape index (κ3) is 3.41. The second-order valence-electron chi connectivity index (χ2n) is 7.10. The van der Waals surface area contributed by atoms with Crippen LogP contribution < -0.4 is 5.32 Å². The van der Waals surface area contributed by atoms with Gasteiger partial charge in [-0.05, 0) is 37.0 Å². The molecule has 1 N–H and O–H groups in total. The van der Waals surface area contributed by atoms with Crippen molar-refractivity contribution in [2.24, 2.45) is 0 Å². The number of hydrogen-bond donors (Lipinski definition) is 1. The van der Waals surface area contributed by atoms with Crippen LogP contribution in [-0.4, -0.2) is 43.0 Å². The number of fused-ring (bicyclic) bond motifs is 2. The quantitative estimate of drug-likeness (QED) is 0.873. The van der Waals surface area contributed by atoms with E-state index in [1.165, 1.54) is 17.4 Å². The summed E-state index contributed by atoms with van der Waals surface area (Å²) in [6.45, 7) is 4.67. The molecule has 0 atom stereocenters. The summed E-state index contributed by atoms with van der Waals surface area (Å²) in [5.74, 6) is -0.00134. The zero-order valence-electron chi connectivity index (χ0n) is 15.5. The number of hydrogen-bond acceptors (Lipinski definition) is 5. The number of piperidine rings is 1. The van der Waals surface area contributed by atoms with Crippen LogP contribution in [0.25, 0.3) is 0 Å². The molecule has 4 rings (SSSR count). The molecule has 1 saturated heterocycles. The Bertz CT molecular complexity index is 819. The molecule has 2 aromatic heterocycles. The third-order valence-corrected chi connectivity index (χ3v) is 6.59. The third-order valence-electron chi connectivity index (χ3n) is 5.39. The molecular formula is C20H24N2O4S. The van der Waals surface area contributed by atoms with Crippen LogP contribution in [0.15, 0.2) is 29.1 Å². The molecule has 1 fully saturated rings. The van der Waals surface area contributed by atoms with Crippen molar-refractivity contribution in [1.29, 1.82) is 0 Å². The van der Waals surface area contributed by atoms with Gasteiger partial charge in [0.1, 0.15) is 6.26 Å².